The Morgan fingerprint density at radius 2 is 1.52 bits per heavy atom. The van der Waals surface area contributed by atoms with Crippen LogP contribution in [0.25, 0.3) is 0 Å². The molecule has 0 saturated heterocycles. The first-order chi connectivity index (χ1) is 15.0. The van der Waals surface area contributed by atoms with Gasteiger partial charge in [0.05, 0.1) is 20.6 Å². The molecule has 5 heteroatoms. The first-order valence-electron chi connectivity index (χ1n) is 10.8. The summed E-state index contributed by atoms with van der Waals surface area (Å²) in [4.78, 5) is 4.74. The maximum Gasteiger partial charge on any atom is 0.183 e. The van der Waals surface area contributed by atoms with E-state index >= 15 is 0 Å². The van der Waals surface area contributed by atoms with Crippen LogP contribution in [-0.4, -0.2) is 9.81 Å². The Labute approximate surface area is 188 Å². The van der Waals surface area contributed by atoms with Crippen molar-refractivity contribution in [3.8, 4) is 5.75 Å². The maximum absolute atomic E-state index is 14.9. The highest BCUT2D eigenvalue weighted by Crippen LogP contribution is 2.45. The number of halogens is 1. The molecule has 1 aliphatic heterocycles. The minimum absolute atomic E-state index is 0.299. The molecule has 0 spiro atoms. The molecule has 160 valence electrons. The molecule has 0 atom stereocenters. The molecule has 0 N–H and O–H groups in total. The van der Waals surface area contributed by atoms with Crippen molar-refractivity contribution in [1.29, 1.82) is 0 Å². The first-order valence-corrected chi connectivity index (χ1v) is 13.2. The van der Waals surface area contributed by atoms with Gasteiger partial charge in [0, 0.05) is 6.07 Å². The van der Waals surface area contributed by atoms with Gasteiger partial charge < -0.3 is 4.74 Å². The molecule has 3 aromatic rings. The molecule has 1 aliphatic carbocycles. The van der Waals surface area contributed by atoms with Gasteiger partial charge >= 0.3 is 0 Å². The number of benzene rings is 3. The fourth-order valence-electron chi connectivity index (χ4n) is 4.71. The monoisotopic (exact) mass is 453 g/mol. The summed E-state index contributed by atoms with van der Waals surface area (Å²) < 4.78 is 34.5. The molecular weight excluding hydrogens is 427 g/mol. The van der Waals surface area contributed by atoms with E-state index in [0.717, 1.165) is 50.2 Å². The fraction of sp³-hybridized carbons (Fsp3) is 0.308. The predicted octanol–water partition coefficient (Wildman–Crippen LogP) is 6.75. The summed E-state index contributed by atoms with van der Waals surface area (Å²) in [6.07, 6.45) is 4.17. The standard InChI is InChI=1S/C26H26FO2S2/c1-18(2)26(15-7-8-16-26)29-21-17-19(13-14-20(21)27)30-22-9-3-5-11-24(22)31(28)25-12-6-4-10-23(25)30/h3-6,9-14,17-18H,7-8,15-16H2,1-2H3/q+1. The molecule has 3 aromatic carbocycles. The molecule has 1 saturated carbocycles. The summed E-state index contributed by atoms with van der Waals surface area (Å²) in [5, 5.41) is 0. The lowest BCUT2D eigenvalue weighted by molar-refractivity contribution is 0.0249. The molecule has 5 rings (SSSR count). The molecule has 31 heavy (non-hydrogen) atoms. The smallest absolute Gasteiger partial charge is 0.183 e. The summed E-state index contributed by atoms with van der Waals surface area (Å²) >= 11 is 0. The summed E-state index contributed by atoms with van der Waals surface area (Å²) in [6.45, 7) is 4.33. The minimum Gasteiger partial charge on any atom is -0.484 e. The lowest BCUT2D eigenvalue weighted by Gasteiger charge is -2.34. The Morgan fingerprint density at radius 1 is 0.935 bits per heavy atom. The van der Waals surface area contributed by atoms with E-state index in [1.165, 1.54) is 6.07 Å². The molecular formula is C26H26FO2S2+. The van der Waals surface area contributed by atoms with Crippen molar-refractivity contribution in [2.45, 2.75) is 69.6 Å². The number of rotatable bonds is 4. The van der Waals surface area contributed by atoms with Gasteiger partial charge in [-0.15, -0.1) is 0 Å². The highest BCUT2D eigenvalue weighted by Gasteiger charge is 2.43. The average molecular weight is 454 g/mol. The van der Waals surface area contributed by atoms with Crippen LogP contribution in [0.3, 0.4) is 0 Å². The molecule has 0 radical (unpaired) electrons. The number of ether oxygens (including phenoxy) is 1. The largest absolute Gasteiger partial charge is 0.484 e. The van der Waals surface area contributed by atoms with E-state index in [1.54, 1.807) is 0 Å². The summed E-state index contributed by atoms with van der Waals surface area (Å²) in [5.41, 5.74) is -0.299. The maximum atomic E-state index is 14.9. The van der Waals surface area contributed by atoms with Gasteiger partial charge in [-0.2, -0.15) is 0 Å². The quantitative estimate of drug-likeness (QED) is 0.320. The van der Waals surface area contributed by atoms with Crippen molar-refractivity contribution in [1.82, 2.24) is 0 Å². The van der Waals surface area contributed by atoms with Crippen LogP contribution in [0.1, 0.15) is 39.5 Å². The van der Waals surface area contributed by atoms with Crippen LogP contribution >= 0.6 is 0 Å². The van der Waals surface area contributed by atoms with Crippen LogP contribution in [0, 0.1) is 11.7 Å². The summed E-state index contributed by atoms with van der Waals surface area (Å²) in [6, 6.07) is 21.0. The molecule has 1 heterocycles. The number of hydrogen-bond acceptors (Lipinski definition) is 2. The van der Waals surface area contributed by atoms with Gasteiger partial charge in [0.1, 0.15) is 16.5 Å². The zero-order chi connectivity index (χ0) is 21.6. The van der Waals surface area contributed by atoms with Crippen LogP contribution in [-0.2, 0) is 21.7 Å². The third-order valence-corrected chi connectivity index (χ3v) is 10.6. The van der Waals surface area contributed by atoms with Crippen LogP contribution in [0.4, 0.5) is 4.39 Å². The van der Waals surface area contributed by atoms with Gasteiger partial charge in [0.15, 0.2) is 26.3 Å². The molecule has 0 unspecified atom stereocenters. The third-order valence-electron chi connectivity index (χ3n) is 6.49. The third kappa shape index (κ3) is 3.52. The van der Waals surface area contributed by atoms with Gasteiger partial charge in [0.2, 0.25) is 0 Å². The molecule has 0 bridgehead atoms. The van der Waals surface area contributed by atoms with Crippen LogP contribution in [0.15, 0.2) is 91.2 Å². The normalized spacial score (nSPS) is 21.5. The second kappa shape index (κ2) is 8.10. The van der Waals surface area contributed by atoms with Crippen molar-refractivity contribution in [2.75, 3.05) is 0 Å². The van der Waals surface area contributed by atoms with E-state index in [-0.39, 0.29) is 11.4 Å². The fourth-order valence-corrected chi connectivity index (χ4v) is 8.95. The highest BCUT2D eigenvalue weighted by molar-refractivity contribution is 7.99. The van der Waals surface area contributed by atoms with Gasteiger partial charge in [-0.3, -0.25) is 0 Å². The molecule has 0 amide bonds. The van der Waals surface area contributed by atoms with Gasteiger partial charge in [0.25, 0.3) is 0 Å². The van der Waals surface area contributed by atoms with Crippen molar-refractivity contribution >= 4 is 21.7 Å². The van der Waals surface area contributed by atoms with Crippen molar-refractivity contribution in [3.05, 3.63) is 72.5 Å². The Hall–Kier alpha value is -2.11. The Bertz CT molecular complexity index is 1100. The van der Waals surface area contributed by atoms with Gasteiger partial charge in [-0.05, 0) is 68.0 Å². The molecule has 2 nitrogen and oxygen atoms in total. The first kappa shape index (κ1) is 20.8. The Morgan fingerprint density at radius 3 is 2.10 bits per heavy atom. The van der Waals surface area contributed by atoms with Gasteiger partial charge in [-0.25, -0.2) is 8.60 Å². The summed E-state index contributed by atoms with van der Waals surface area (Å²) in [7, 11) is -1.67. The highest BCUT2D eigenvalue weighted by atomic mass is 32.2. The molecule has 2 aliphatic rings. The topological polar surface area (TPSA) is 26.3 Å². The second-order valence-electron chi connectivity index (χ2n) is 8.59. The lowest BCUT2D eigenvalue weighted by atomic mass is 9.88. The SMILES string of the molecule is CC(C)C1(Oc2cc([S+]3c4ccccc4S(=O)c4ccccc43)ccc2F)CCCC1. The Kier molecular flexibility index (Phi) is 5.43. The van der Waals surface area contributed by atoms with E-state index < -0.39 is 21.7 Å². The number of fused-ring (bicyclic) bond motifs is 2. The van der Waals surface area contributed by atoms with Crippen molar-refractivity contribution in [2.24, 2.45) is 5.92 Å². The van der Waals surface area contributed by atoms with E-state index in [9.17, 15) is 8.60 Å². The van der Waals surface area contributed by atoms with E-state index in [0.29, 0.717) is 11.7 Å². The Balaban J connectivity index is 1.63. The summed E-state index contributed by atoms with van der Waals surface area (Å²) in [5.74, 6) is 0.336. The molecule has 0 aromatic heterocycles. The van der Waals surface area contributed by atoms with Crippen molar-refractivity contribution < 1.29 is 13.3 Å². The minimum atomic E-state index is -1.21. The zero-order valence-corrected chi connectivity index (χ0v) is 19.4. The second-order valence-corrected chi connectivity index (χ2v) is 12.0. The predicted molar refractivity (Wildman–Crippen MR) is 123 cm³/mol. The van der Waals surface area contributed by atoms with E-state index in [2.05, 4.69) is 13.8 Å². The van der Waals surface area contributed by atoms with E-state index in [4.69, 9.17) is 4.74 Å². The zero-order valence-electron chi connectivity index (χ0n) is 17.8. The molecule has 1 fully saturated rings. The van der Waals surface area contributed by atoms with Crippen LogP contribution in [0.2, 0.25) is 0 Å². The number of hydrogen-bond donors (Lipinski definition) is 0. The van der Waals surface area contributed by atoms with Crippen LogP contribution in [0.5, 0.6) is 5.75 Å². The van der Waals surface area contributed by atoms with E-state index in [1.807, 2.05) is 60.7 Å². The van der Waals surface area contributed by atoms with Crippen molar-refractivity contribution in [3.63, 3.8) is 0 Å². The van der Waals surface area contributed by atoms with Gasteiger partial charge in [-0.1, -0.05) is 38.1 Å². The lowest BCUT2D eigenvalue weighted by Crippen LogP contribution is -2.38. The average Bonchev–Trinajstić information content (AvgIpc) is 3.26. The van der Waals surface area contributed by atoms with Crippen LogP contribution < -0.4 is 4.74 Å².